The van der Waals surface area contributed by atoms with Crippen LogP contribution >= 0.6 is 0 Å². The van der Waals surface area contributed by atoms with E-state index in [9.17, 15) is 18.9 Å². The van der Waals surface area contributed by atoms with Gasteiger partial charge < -0.3 is 35.9 Å². The summed E-state index contributed by atoms with van der Waals surface area (Å²) in [6.45, 7) is 3.47. The maximum absolute atomic E-state index is 13.6. The average Bonchev–Trinajstić information content (AvgIpc) is 2.93. The first kappa shape index (κ1) is 29.9. The molecule has 12 nitrogen and oxygen atoms in total. The van der Waals surface area contributed by atoms with Crippen LogP contribution < -0.4 is 21.5 Å². The Balaban J connectivity index is 1.78. The van der Waals surface area contributed by atoms with Crippen LogP contribution in [0, 0.1) is 5.41 Å². The van der Waals surface area contributed by atoms with Crippen molar-refractivity contribution in [1.82, 2.24) is 14.5 Å². The van der Waals surface area contributed by atoms with Crippen molar-refractivity contribution in [1.29, 1.82) is 5.41 Å². The Morgan fingerprint density at radius 1 is 1.10 bits per heavy atom. The van der Waals surface area contributed by atoms with E-state index < -0.39 is 23.5 Å². The van der Waals surface area contributed by atoms with Gasteiger partial charge in [-0.15, -0.1) is 4.72 Å². The average molecular weight is 558 g/mol. The van der Waals surface area contributed by atoms with Gasteiger partial charge in [0.1, 0.15) is 11.9 Å². The molecule has 1 aliphatic rings. The number of benzene rings is 2. The van der Waals surface area contributed by atoms with Crippen LogP contribution in [0.5, 0.6) is 0 Å². The molecule has 7 N–H and O–H groups in total. The molecule has 2 aromatic rings. The first-order valence-electron chi connectivity index (χ1n) is 12.6. The van der Waals surface area contributed by atoms with E-state index in [-0.39, 0.29) is 43.6 Å². The Morgan fingerprint density at radius 3 is 2.46 bits per heavy atom. The molecule has 2 atom stereocenters. The van der Waals surface area contributed by atoms with Gasteiger partial charge in [0.05, 0.1) is 18.0 Å². The van der Waals surface area contributed by atoms with Crippen LogP contribution in [0.1, 0.15) is 24.5 Å². The topological polar surface area (TPSA) is 190 Å². The molecule has 3 rings (SSSR count). The highest BCUT2D eigenvalue weighted by atomic mass is 32.2. The third kappa shape index (κ3) is 8.68. The van der Waals surface area contributed by atoms with Gasteiger partial charge in [-0.05, 0) is 30.7 Å². The summed E-state index contributed by atoms with van der Waals surface area (Å²) < 4.78 is 21.4. The Labute approximate surface area is 230 Å². The van der Waals surface area contributed by atoms with E-state index in [4.69, 9.17) is 21.6 Å². The molecule has 1 heterocycles. The van der Waals surface area contributed by atoms with Gasteiger partial charge in [0.25, 0.3) is 0 Å². The lowest BCUT2D eigenvalue weighted by Gasteiger charge is -2.35. The molecule has 1 saturated heterocycles. The van der Waals surface area contributed by atoms with Gasteiger partial charge in [0.2, 0.25) is 11.8 Å². The molecule has 39 heavy (non-hydrogen) atoms. The minimum absolute atomic E-state index is 0.0974. The largest absolute Gasteiger partial charge is 0.593 e. The third-order valence-corrected chi connectivity index (χ3v) is 7.23. The third-order valence-electron chi connectivity index (χ3n) is 6.05. The summed E-state index contributed by atoms with van der Waals surface area (Å²) in [7, 11) is 0. The lowest BCUT2D eigenvalue weighted by atomic mass is 10.0. The van der Waals surface area contributed by atoms with E-state index in [1.807, 2.05) is 6.07 Å². The Hall–Kier alpha value is -3.65. The lowest BCUT2D eigenvalue weighted by Crippen LogP contribution is -2.56. The van der Waals surface area contributed by atoms with Crippen LogP contribution in [0.4, 0.5) is 10.5 Å². The van der Waals surface area contributed by atoms with Crippen molar-refractivity contribution in [3.05, 3.63) is 59.7 Å². The Morgan fingerprint density at radius 2 is 1.79 bits per heavy atom. The number of nitrogens with two attached hydrogens (primary N) is 2. The molecule has 2 aromatic carbocycles. The Bertz CT molecular complexity index is 1170. The van der Waals surface area contributed by atoms with E-state index in [2.05, 4.69) is 10.0 Å². The molecule has 3 amide bonds. The van der Waals surface area contributed by atoms with Crippen LogP contribution in [0.2, 0.25) is 0 Å². The standard InChI is InChI=1S/C26H35N7O5S/c1-2-38-26(36)33-13-11-32(12-14-33)25(35)22(16-18-5-3-6-19(15-18)24(28)29)31-39(37)21-8-4-7-20(17-21)30-23(34)9-10-27/h3-8,15,17,22,31H,2,9-14,16,27H2,1H3,(H3,28,29)(H,30,34)/t22-,39?/m0/s1. The van der Waals surface area contributed by atoms with E-state index in [1.165, 1.54) is 0 Å². The SMILES string of the molecule is CCOC(=O)N1CCN(C(=O)[C@H](Cc2cccc(C(=N)N)c2)N[S+]([O-])c2cccc(NC(=O)CCN)c2)CC1. The zero-order chi connectivity index (χ0) is 28.4. The van der Waals surface area contributed by atoms with Gasteiger partial charge in [-0.1, -0.05) is 24.3 Å². The number of hydrogen-bond donors (Lipinski definition) is 5. The van der Waals surface area contributed by atoms with E-state index >= 15 is 0 Å². The van der Waals surface area contributed by atoms with E-state index in [0.717, 1.165) is 5.56 Å². The van der Waals surface area contributed by atoms with Gasteiger partial charge in [-0.2, -0.15) is 0 Å². The predicted octanol–water partition coefficient (Wildman–Crippen LogP) is 0.782. The fourth-order valence-corrected chi connectivity index (χ4v) is 5.08. The van der Waals surface area contributed by atoms with Crippen LogP contribution in [0.3, 0.4) is 0 Å². The van der Waals surface area contributed by atoms with Crippen LogP contribution in [0.25, 0.3) is 0 Å². The molecule has 1 fully saturated rings. The first-order chi connectivity index (χ1) is 18.7. The minimum atomic E-state index is -1.80. The highest BCUT2D eigenvalue weighted by Gasteiger charge is 2.33. The number of carbonyl (C=O) groups is 3. The highest BCUT2D eigenvalue weighted by Crippen LogP contribution is 2.18. The number of anilines is 1. The van der Waals surface area contributed by atoms with E-state index in [0.29, 0.717) is 42.3 Å². The number of nitrogens with one attached hydrogen (secondary N) is 3. The molecule has 1 aliphatic heterocycles. The number of nitrogen functional groups attached to an aromatic ring is 1. The van der Waals surface area contributed by atoms with E-state index in [1.54, 1.807) is 59.2 Å². The fourth-order valence-electron chi connectivity index (χ4n) is 4.07. The molecule has 0 bridgehead atoms. The van der Waals surface area contributed by atoms with Crippen molar-refractivity contribution >= 4 is 40.8 Å². The normalized spacial score (nSPS) is 14.8. The summed E-state index contributed by atoms with van der Waals surface area (Å²) in [4.78, 5) is 41.2. The maximum Gasteiger partial charge on any atom is 0.409 e. The summed E-state index contributed by atoms with van der Waals surface area (Å²) >= 11 is -1.80. The van der Waals surface area contributed by atoms with Crippen LogP contribution in [-0.2, 0) is 32.1 Å². The second-order valence-corrected chi connectivity index (χ2v) is 10.1. The second kappa shape index (κ2) is 14.5. The number of amidine groups is 1. The number of nitrogens with zero attached hydrogens (tertiary/aromatic N) is 2. The van der Waals surface area contributed by atoms with Gasteiger partial charge in [-0.25, -0.2) is 4.79 Å². The molecule has 0 spiro atoms. The van der Waals surface area contributed by atoms with Crippen molar-refractivity contribution in [2.75, 3.05) is 44.6 Å². The summed E-state index contributed by atoms with van der Waals surface area (Å²) in [5.74, 6) is -0.624. The molecule has 1 unspecified atom stereocenters. The van der Waals surface area contributed by atoms with Crippen LogP contribution in [0.15, 0.2) is 53.4 Å². The number of piperazine rings is 1. The molecule has 210 valence electrons. The summed E-state index contributed by atoms with van der Waals surface area (Å²) in [6, 6.07) is 12.7. The zero-order valence-corrected chi connectivity index (χ0v) is 22.7. The molecule has 0 radical (unpaired) electrons. The van der Waals surface area contributed by atoms with Crippen molar-refractivity contribution in [3.8, 4) is 0 Å². The van der Waals surface area contributed by atoms with Gasteiger partial charge in [-0.3, -0.25) is 15.0 Å². The minimum Gasteiger partial charge on any atom is -0.593 e. The number of amides is 3. The van der Waals surface area contributed by atoms with Gasteiger partial charge in [0, 0.05) is 62.9 Å². The van der Waals surface area contributed by atoms with Crippen molar-refractivity contribution < 1.29 is 23.7 Å². The van der Waals surface area contributed by atoms with Crippen molar-refractivity contribution in [2.45, 2.75) is 30.7 Å². The number of carbonyl (C=O) groups excluding carboxylic acids is 3. The number of rotatable bonds is 11. The summed E-state index contributed by atoms with van der Waals surface area (Å²) in [5.41, 5.74) is 12.8. The smallest absolute Gasteiger partial charge is 0.409 e. The molecule has 0 saturated carbocycles. The maximum atomic E-state index is 13.6. The number of hydrogen-bond acceptors (Lipinski definition) is 8. The van der Waals surface area contributed by atoms with Crippen LogP contribution in [-0.4, -0.2) is 83.5 Å². The van der Waals surface area contributed by atoms with Gasteiger partial charge >= 0.3 is 6.09 Å². The second-order valence-electron chi connectivity index (χ2n) is 8.88. The summed E-state index contributed by atoms with van der Waals surface area (Å²) in [5, 5.41) is 10.4. The predicted molar refractivity (Wildman–Crippen MR) is 148 cm³/mol. The molecular formula is C26H35N7O5S. The molecule has 0 aromatic heterocycles. The fraction of sp³-hybridized carbons (Fsp3) is 0.385. The Kier molecular flexibility index (Phi) is 11.1. The summed E-state index contributed by atoms with van der Waals surface area (Å²) in [6.07, 6.45) is -0.0680. The van der Waals surface area contributed by atoms with Gasteiger partial charge in [0.15, 0.2) is 4.90 Å². The highest BCUT2D eigenvalue weighted by molar-refractivity contribution is 7.89. The monoisotopic (exact) mass is 557 g/mol. The van der Waals surface area contributed by atoms with Crippen molar-refractivity contribution in [3.63, 3.8) is 0 Å². The quantitative estimate of drug-likeness (QED) is 0.152. The molecular weight excluding hydrogens is 522 g/mol. The zero-order valence-electron chi connectivity index (χ0n) is 21.9. The molecule has 0 aliphatic carbocycles. The molecule has 13 heteroatoms. The first-order valence-corrected chi connectivity index (χ1v) is 13.8. The lowest BCUT2D eigenvalue weighted by molar-refractivity contribution is -0.134. The van der Waals surface area contributed by atoms with Crippen molar-refractivity contribution in [2.24, 2.45) is 11.5 Å². The number of ether oxygens (including phenoxy) is 1.